The molecule has 3 heterocycles. The minimum absolute atomic E-state index is 0.278. The van der Waals surface area contributed by atoms with Gasteiger partial charge in [0.2, 0.25) is 0 Å². The van der Waals surface area contributed by atoms with E-state index in [0.29, 0.717) is 34.8 Å². The lowest BCUT2D eigenvalue weighted by Gasteiger charge is -2.16. The third-order valence-corrected chi connectivity index (χ3v) is 5.20. The van der Waals surface area contributed by atoms with Crippen molar-refractivity contribution in [1.82, 2.24) is 24.5 Å². The molecule has 0 amide bonds. The van der Waals surface area contributed by atoms with E-state index in [1.165, 1.54) is 6.07 Å². The van der Waals surface area contributed by atoms with Crippen LogP contribution >= 0.6 is 0 Å². The number of benzene rings is 1. The van der Waals surface area contributed by atoms with Crippen LogP contribution in [0.3, 0.4) is 0 Å². The van der Waals surface area contributed by atoms with Crippen molar-refractivity contribution >= 4 is 11.4 Å². The molecule has 0 radical (unpaired) electrons. The van der Waals surface area contributed by atoms with Crippen LogP contribution < -0.4 is 0 Å². The van der Waals surface area contributed by atoms with Crippen molar-refractivity contribution in [2.45, 2.75) is 19.3 Å². The van der Waals surface area contributed by atoms with Gasteiger partial charge in [-0.3, -0.25) is 4.57 Å². The van der Waals surface area contributed by atoms with E-state index < -0.39 is 0 Å². The van der Waals surface area contributed by atoms with E-state index >= 15 is 0 Å². The highest BCUT2D eigenvalue weighted by Gasteiger charge is 2.33. The van der Waals surface area contributed by atoms with Gasteiger partial charge in [0.1, 0.15) is 23.6 Å². The fraction of sp³-hybridized carbons (Fsp3) is 0.174. The summed E-state index contributed by atoms with van der Waals surface area (Å²) in [7, 11) is 1.59. The molecule has 4 rings (SSSR count). The first kappa shape index (κ1) is 19.4. The number of methoxy groups -OCH3 is 1. The fourth-order valence-electron chi connectivity index (χ4n) is 3.70. The Labute approximate surface area is 174 Å². The molecule has 1 aliphatic heterocycles. The minimum atomic E-state index is -0.329. The van der Waals surface area contributed by atoms with Gasteiger partial charge in [-0.15, -0.1) is 11.5 Å². The zero-order valence-corrected chi connectivity index (χ0v) is 16.7. The van der Waals surface area contributed by atoms with Crippen LogP contribution in [0.2, 0.25) is 0 Å². The number of fused-ring (bicyclic) bond motifs is 2. The molecule has 150 valence electrons. The average molecular weight is 401 g/mol. The van der Waals surface area contributed by atoms with Crippen LogP contribution in [0.1, 0.15) is 35.5 Å². The number of allylic oxidation sites excluding steroid dienone is 4. The van der Waals surface area contributed by atoms with Crippen molar-refractivity contribution in [3.63, 3.8) is 0 Å². The Hall–Kier alpha value is -3.92. The Morgan fingerprint density at radius 1 is 1.40 bits per heavy atom. The highest BCUT2D eigenvalue weighted by molar-refractivity contribution is 5.89. The lowest BCUT2D eigenvalue weighted by Crippen LogP contribution is -2.12. The van der Waals surface area contributed by atoms with E-state index in [4.69, 9.17) is 11.2 Å². The molecular weight excluding hydrogens is 381 g/mol. The largest absolute Gasteiger partial charge is 0.497 e. The average Bonchev–Trinajstić information content (AvgIpc) is 3.39. The monoisotopic (exact) mass is 401 g/mol. The highest BCUT2D eigenvalue weighted by Crippen LogP contribution is 2.38. The van der Waals surface area contributed by atoms with Crippen molar-refractivity contribution in [3.05, 3.63) is 89.7 Å². The van der Waals surface area contributed by atoms with Gasteiger partial charge in [0, 0.05) is 6.08 Å². The number of hydrogen-bond acceptors (Lipinski definition) is 4. The van der Waals surface area contributed by atoms with Gasteiger partial charge in [-0.1, -0.05) is 30.0 Å². The molecule has 3 aromatic rings. The molecule has 1 aromatic carbocycles. The molecule has 30 heavy (non-hydrogen) atoms. The summed E-state index contributed by atoms with van der Waals surface area (Å²) in [4.78, 5) is 4.38. The highest BCUT2D eigenvalue weighted by atomic mass is 19.1. The number of imidazole rings is 1. The predicted octanol–water partition coefficient (Wildman–Crippen LogP) is 3.85. The molecule has 1 aliphatic rings. The standard InChI is InChI=1S/C23H20FN5O/c1-5-17(30-4)12-21-15(3)28-14-25-20(6-2)23(28)18(22-13-26-27-29(21)22)11-16-9-7-8-10-19(16)24/h2,5,7-10,12-14,18H,3,11H2,1,4H3/b17-5+,21-12+. The smallest absolute Gasteiger partial charge is 0.135 e. The normalized spacial score (nSPS) is 17.3. The topological polar surface area (TPSA) is 57.8 Å². The first-order chi connectivity index (χ1) is 14.6. The van der Waals surface area contributed by atoms with Gasteiger partial charge in [0.15, 0.2) is 0 Å². The van der Waals surface area contributed by atoms with Crippen LogP contribution in [-0.2, 0) is 11.2 Å². The van der Waals surface area contributed by atoms with Crippen LogP contribution in [0.4, 0.5) is 4.39 Å². The third kappa shape index (κ3) is 3.12. The third-order valence-electron chi connectivity index (χ3n) is 5.20. The second-order valence-electron chi connectivity index (χ2n) is 6.78. The molecule has 0 bridgehead atoms. The maximum Gasteiger partial charge on any atom is 0.135 e. The number of rotatable bonds is 4. The molecule has 1 unspecified atom stereocenters. The number of hydrogen-bond donors (Lipinski definition) is 0. The Morgan fingerprint density at radius 2 is 2.20 bits per heavy atom. The van der Waals surface area contributed by atoms with E-state index in [-0.39, 0.29) is 11.7 Å². The van der Waals surface area contributed by atoms with E-state index in [1.807, 2.05) is 29.7 Å². The van der Waals surface area contributed by atoms with Gasteiger partial charge in [-0.2, -0.15) is 0 Å². The summed E-state index contributed by atoms with van der Waals surface area (Å²) in [6.07, 6.45) is 13.1. The predicted molar refractivity (Wildman–Crippen MR) is 113 cm³/mol. The van der Waals surface area contributed by atoms with Crippen LogP contribution in [0.5, 0.6) is 0 Å². The van der Waals surface area contributed by atoms with Crippen molar-refractivity contribution < 1.29 is 9.13 Å². The van der Waals surface area contributed by atoms with Gasteiger partial charge in [-0.25, -0.2) is 14.1 Å². The Bertz CT molecular complexity index is 1220. The molecule has 0 spiro atoms. The summed E-state index contributed by atoms with van der Waals surface area (Å²) in [5, 5.41) is 8.39. The molecule has 2 aromatic heterocycles. The van der Waals surface area contributed by atoms with Crippen LogP contribution in [0.15, 0.2) is 61.3 Å². The number of nitrogens with zero attached hydrogens (tertiary/aromatic N) is 5. The SMILES string of the molecule is C#Cc1ncn2c1C(Cc1ccccc1F)c1cnnn1/C(=C/C(=C\C)OC)C2=C. The molecule has 0 saturated carbocycles. The summed E-state index contributed by atoms with van der Waals surface area (Å²) in [6.45, 7) is 6.12. The number of aromatic nitrogens is 5. The quantitative estimate of drug-likeness (QED) is 0.492. The lowest BCUT2D eigenvalue weighted by molar-refractivity contribution is 0.306. The molecule has 0 aliphatic carbocycles. The van der Waals surface area contributed by atoms with Crippen molar-refractivity contribution in [2.24, 2.45) is 0 Å². The maximum absolute atomic E-state index is 14.5. The van der Waals surface area contributed by atoms with Gasteiger partial charge in [-0.05, 0) is 37.0 Å². The van der Waals surface area contributed by atoms with Gasteiger partial charge >= 0.3 is 0 Å². The number of ether oxygens (including phenoxy) is 1. The number of halogens is 1. The summed E-state index contributed by atoms with van der Waals surface area (Å²) in [6, 6.07) is 6.69. The summed E-state index contributed by atoms with van der Waals surface area (Å²) in [5.74, 6) is 2.67. The second-order valence-corrected chi connectivity index (χ2v) is 6.78. The summed E-state index contributed by atoms with van der Waals surface area (Å²) >= 11 is 0. The Morgan fingerprint density at radius 3 is 2.90 bits per heavy atom. The van der Waals surface area contributed by atoms with Crippen LogP contribution in [0, 0.1) is 18.2 Å². The molecule has 6 nitrogen and oxygen atoms in total. The summed E-state index contributed by atoms with van der Waals surface area (Å²) in [5.41, 5.74) is 3.82. The van der Waals surface area contributed by atoms with Crippen LogP contribution in [0.25, 0.3) is 11.4 Å². The minimum Gasteiger partial charge on any atom is -0.497 e. The molecule has 1 atom stereocenters. The molecule has 0 N–H and O–H groups in total. The second kappa shape index (κ2) is 7.84. The van der Waals surface area contributed by atoms with E-state index in [0.717, 1.165) is 11.4 Å². The van der Waals surface area contributed by atoms with Crippen molar-refractivity contribution in [2.75, 3.05) is 7.11 Å². The zero-order valence-electron chi connectivity index (χ0n) is 16.7. The van der Waals surface area contributed by atoms with E-state index in [2.05, 4.69) is 27.8 Å². The summed E-state index contributed by atoms with van der Waals surface area (Å²) < 4.78 is 23.4. The van der Waals surface area contributed by atoms with E-state index in [1.54, 1.807) is 36.4 Å². The maximum atomic E-state index is 14.5. The first-order valence-electron chi connectivity index (χ1n) is 9.38. The fourth-order valence-corrected chi connectivity index (χ4v) is 3.70. The zero-order chi connectivity index (χ0) is 21.3. The van der Waals surface area contributed by atoms with Gasteiger partial charge in [0.25, 0.3) is 0 Å². The van der Waals surface area contributed by atoms with Gasteiger partial charge in [0.05, 0.1) is 42.0 Å². The van der Waals surface area contributed by atoms with Crippen molar-refractivity contribution in [1.29, 1.82) is 0 Å². The van der Waals surface area contributed by atoms with E-state index in [9.17, 15) is 4.39 Å². The number of terminal acetylenes is 1. The van der Waals surface area contributed by atoms with Gasteiger partial charge < -0.3 is 4.74 Å². The molecule has 7 heteroatoms. The molecule has 0 saturated heterocycles. The Kier molecular flexibility index (Phi) is 5.07. The molecule has 0 fully saturated rings. The Balaban J connectivity index is 1.97. The van der Waals surface area contributed by atoms with Crippen molar-refractivity contribution in [3.8, 4) is 12.3 Å². The van der Waals surface area contributed by atoms with Crippen LogP contribution in [-0.4, -0.2) is 31.7 Å². The lowest BCUT2D eigenvalue weighted by atomic mass is 9.91. The first-order valence-corrected chi connectivity index (χ1v) is 9.38. The molecular formula is C23H20FN5O.